The Morgan fingerprint density at radius 1 is 1.28 bits per heavy atom. The number of nitrogens with one attached hydrogen (secondary N) is 1. The first kappa shape index (κ1) is 12.0. The SMILES string of the molecule is O=c1[nH]c2sc3c(c2c(=O)n1CCS)CCCC3. The van der Waals surface area contributed by atoms with Gasteiger partial charge < -0.3 is 0 Å². The number of thiol groups is 1. The molecular formula is C12H14N2O2S2. The second-order valence-electron chi connectivity index (χ2n) is 4.53. The van der Waals surface area contributed by atoms with Crippen molar-refractivity contribution in [3.05, 3.63) is 31.3 Å². The van der Waals surface area contributed by atoms with Gasteiger partial charge >= 0.3 is 5.69 Å². The third-order valence-electron chi connectivity index (χ3n) is 3.42. The maximum Gasteiger partial charge on any atom is 0.329 e. The van der Waals surface area contributed by atoms with Gasteiger partial charge in [0, 0.05) is 17.2 Å². The van der Waals surface area contributed by atoms with E-state index in [0.717, 1.165) is 35.0 Å². The summed E-state index contributed by atoms with van der Waals surface area (Å²) >= 11 is 5.66. The number of rotatable bonds is 2. The van der Waals surface area contributed by atoms with Crippen molar-refractivity contribution in [1.29, 1.82) is 0 Å². The van der Waals surface area contributed by atoms with Crippen LogP contribution in [0.1, 0.15) is 23.3 Å². The molecule has 0 fully saturated rings. The number of fused-ring (bicyclic) bond motifs is 3. The van der Waals surface area contributed by atoms with Gasteiger partial charge in [0.2, 0.25) is 0 Å². The molecule has 2 heterocycles. The minimum absolute atomic E-state index is 0.151. The Morgan fingerprint density at radius 2 is 2.06 bits per heavy atom. The van der Waals surface area contributed by atoms with E-state index in [1.54, 1.807) is 11.3 Å². The monoisotopic (exact) mass is 282 g/mol. The first-order chi connectivity index (χ1) is 8.72. The molecule has 6 heteroatoms. The average Bonchev–Trinajstić information content (AvgIpc) is 2.72. The molecule has 0 aliphatic heterocycles. The van der Waals surface area contributed by atoms with Crippen LogP contribution in [0.4, 0.5) is 0 Å². The van der Waals surface area contributed by atoms with Crippen molar-refractivity contribution in [2.45, 2.75) is 32.2 Å². The Labute approximate surface area is 113 Å². The van der Waals surface area contributed by atoms with Crippen LogP contribution in [-0.4, -0.2) is 15.3 Å². The van der Waals surface area contributed by atoms with Crippen LogP contribution in [0, 0.1) is 0 Å². The summed E-state index contributed by atoms with van der Waals surface area (Å²) in [5.74, 6) is 0.487. The molecule has 0 radical (unpaired) electrons. The number of hydrogen-bond donors (Lipinski definition) is 2. The maximum absolute atomic E-state index is 12.4. The van der Waals surface area contributed by atoms with Crippen molar-refractivity contribution in [2.24, 2.45) is 0 Å². The number of H-pyrrole nitrogens is 1. The standard InChI is InChI=1S/C12H14N2O2S2/c15-11-9-7-3-1-2-4-8(7)18-10(9)13-12(16)14(11)5-6-17/h17H,1-6H2,(H,13,16). The van der Waals surface area contributed by atoms with Gasteiger partial charge in [-0.2, -0.15) is 12.6 Å². The quantitative estimate of drug-likeness (QED) is 0.821. The third-order valence-corrected chi connectivity index (χ3v) is 4.83. The van der Waals surface area contributed by atoms with Gasteiger partial charge in [-0.3, -0.25) is 14.3 Å². The molecule has 0 aromatic carbocycles. The van der Waals surface area contributed by atoms with Gasteiger partial charge in [0.25, 0.3) is 5.56 Å². The molecule has 2 aromatic heterocycles. The van der Waals surface area contributed by atoms with Crippen LogP contribution in [0.5, 0.6) is 0 Å². The fourth-order valence-electron chi connectivity index (χ4n) is 2.58. The van der Waals surface area contributed by atoms with E-state index in [-0.39, 0.29) is 11.2 Å². The summed E-state index contributed by atoms with van der Waals surface area (Å²) in [5.41, 5.74) is 0.692. The number of aryl methyl sites for hydroxylation is 2. The molecule has 1 N–H and O–H groups in total. The molecule has 0 spiro atoms. The van der Waals surface area contributed by atoms with Crippen molar-refractivity contribution >= 4 is 34.2 Å². The predicted molar refractivity (Wildman–Crippen MR) is 77.2 cm³/mol. The van der Waals surface area contributed by atoms with E-state index in [2.05, 4.69) is 17.6 Å². The van der Waals surface area contributed by atoms with Crippen molar-refractivity contribution in [3.63, 3.8) is 0 Å². The van der Waals surface area contributed by atoms with Gasteiger partial charge in [0.05, 0.1) is 5.39 Å². The fraction of sp³-hybridized carbons (Fsp3) is 0.500. The highest BCUT2D eigenvalue weighted by Gasteiger charge is 2.20. The van der Waals surface area contributed by atoms with E-state index >= 15 is 0 Å². The second-order valence-corrected chi connectivity index (χ2v) is 6.08. The lowest BCUT2D eigenvalue weighted by molar-refractivity contribution is 0.684. The van der Waals surface area contributed by atoms with Crippen molar-refractivity contribution < 1.29 is 0 Å². The summed E-state index contributed by atoms with van der Waals surface area (Å²) in [5, 5.41) is 0.732. The lowest BCUT2D eigenvalue weighted by atomic mass is 9.97. The zero-order chi connectivity index (χ0) is 12.7. The van der Waals surface area contributed by atoms with E-state index in [9.17, 15) is 9.59 Å². The van der Waals surface area contributed by atoms with Crippen LogP contribution in [0.3, 0.4) is 0 Å². The fourth-order valence-corrected chi connectivity index (χ4v) is 4.05. The zero-order valence-corrected chi connectivity index (χ0v) is 11.6. The van der Waals surface area contributed by atoms with Crippen LogP contribution in [0.2, 0.25) is 0 Å². The van der Waals surface area contributed by atoms with Crippen LogP contribution < -0.4 is 11.2 Å². The smallest absolute Gasteiger partial charge is 0.298 e. The van der Waals surface area contributed by atoms with Gasteiger partial charge in [-0.05, 0) is 31.2 Å². The highest BCUT2D eigenvalue weighted by Crippen LogP contribution is 2.32. The molecule has 0 amide bonds. The third kappa shape index (κ3) is 1.75. The normalized spacial score (nSPS) is 14.9. The Hall–Kier alpha value is -1.01. The Balaban J connectivity index is 2.36. The molecular weight excluding hydrogens is 268 g/mol. The largest absolute Gasteiger partial charge is 0.329 e. The molecule has 2 aromatic rings. The molecule has 0 unspecified atom stereocenters. The summed E-state index contributed by atoms with van der Waals surface area (Å²) < 4.78 is 1.26. The molecule has 3 rings (SSSR count). The molecule has 96 valence electrons. The topological polar surface area (TPSA) is 54.9 Å². The van der Waals surface area contributed by atoms with E-state index in [4.69, 9.17) is 0 Å². The maximum atomic E-state index is 12.4. The molecule has 18 heavy (non-hydrogen) atoms. The zero-order valence-electron chi connectivity index (χ0n) is 9.86. The molecule has 0 atom stereocenters. The van der Waals surface area contributed by atoms with Crippen molar-refractivity contribution in [2.75, 3.05) is 5.75 Å². The van der Waals surface area contributed by atoms with E-state index < -0.39 is 0 Å². The van der Waals surface area contributed by atoms with Gasteiger partial charge in [-0.25, -0.2) is 4.79 Å². The predicted octanol–water partition coefficient (Wildman–Crippen LogP) is 1.56. The minimum atomic E-state index is -0.319. The van der Waals surface area contributed by atoms with Crippen LogP contribution in [-0.2, 0) is 19.4 Å². The van der Waals surface area contributed by atoms with Gasteiger partial charge in [-0.1, -0.05) is 0 Å². The Bertz CT molecular complexity index is 711. The molecule has 0 bridgehead atoms. The molecule has 4 nitrogen and oxygen atoms in total. The minimum Gasteiger partial charge on any atom is -0.298 e. The number of hydrogen-bond acceptors (Lipinski definition) is 4. The van der Waals surface area contributed by atoms with Gasteiger partial charge in [0.1, 0.15) is 4.83 Å². The van der Waals surface area contributed by atoms with Gasteiger partial charge in [-0.15, -0.1) is 11.3 Å². The average molecular weight is 282 g/mol. The number of aromatic amines is 1. The Morgan fingerprint density at radius 3 is 2.83 bits per heavy atom. The highest BCUT2D eigenvalue weighted by molar-refractivity contribution is 7.80. The molecule has 1 aliphatic carbocycles. The first-order valence-electron chi connectivity index (χ1n) is 6.10. The van der Waals surface area contributed by atoms with Crippen LogP contribution >= 0.6 is 24.0 Å². The summed E-state index contributed by atoms with van der Waals surface area (Å²) in [6.45, 7) is 0.359. The van der Waals surface area contributed by atoms with E-state index in [1.165, 1.54) is 15.9 Å². The van der Waals surface area contributed by atoms with Crippen molar-refractivity contribution in [3.8, 4) is 0 Å². The second kappa shape index (κ2) is 4.59. The van der Waals surface area contributed by atoms with Crippen LogP contribution in [0.15, 0.2) is 9.59 Å². The first-order valence-corrected chi connectivity index (χ1v) is 7.55. The lowest BCUT2D eigenvalue weighted by Gasteiger charge is -2.10. The summed E-state index contributed by atoms with van der Waals surface area (Å²) in [4.78, 5) is 29.1. The molecule has 0 saturated heterocycles. The molecule has 1 aliphatic rings. The summed E-state index contributed by atoms with van der Waals surface area (Å²) in [7, 11) is 0. The highest BCUT2D eigenvalue weighted by atomic mass is 32.1. The number of aromatic nitrogens is 2. The number of nitrogens with zero attached hydrogens (tertiary/aromatic N) is 1. The lowest BCUT2D eigenvalue weighted by Crippen LogP contribution is -2.35. The van der Waals surface area contributed by atoms with Crippen molar-refractivity contribution in [1.82, 2.24) is 9.55 Å². The summed E-state index contributed by atoms with van der Waals surface area (Å²) in [6, 6.07) is 0. The Kier molecular flexibility index (Phi) is 3.07. The summed E-state index contributed by atoms with van der Waals surface area (Å²) in [6.07, 6.45) is 4.29. The van der Waals surface area contributed by atoms with Gasteiger partial charge in [0.15, 0.2) is 0 Å². The van der Waals surface area contributed by atoms with Crippen LogP contribution in [0.25, 0.3) is 10.2 Å². The molecule has 0 saturated carbocycles. The van der Waals surface area contributed by atoms with E-state index in [1.807, 2.05) is 0 Å². The number of thiophene rings is 1. The van der Waals surface area contributed by atoms with E-state index in [0.29, 0.717) is 12.3 Å².